The van der Waals surface area contributed by atoms with Crippen LogP contribution in [0.15, 0.2) is 83.4 Å². The molecule has 1 aromatic heterocycles. The molecule has 0 saturated heterocycles. The van der Waals surface area contributed by atoms with Crippen LogP contribution in [-0.4, -0.2) is 16.0 Å². The van der Waals surface area contributed by atoms with Gasteiger partial charge in [0.25, 0.3) is 5.91 Å². The minimum absolute atomic E-state index is 0.131. The van der Waals surface area contributed by atoms with E-state index in [1.807, 2.05) is 6.07 Å². The molecule has 3 aromatic carbocycles. The summed E-state index contributed by atoms with van der Waals surface area (Å²) in [4.78, 5) is 16.4. The third kappa shape index (κ3) is 4.65. The van der Waals surface area contributed by atoms with Gasteiger partial charge in [-0.25, -0.2) is 4.39 Å². The molecule has 1 amide bonds. The van der Waals surface area contributed by atoms with E-state index in [-0.39, 0.29) is 18.3 Å². The van der Waals surface area contributed by atoms with Crippen LogP contribution in [0, 0.1) is 5.82 Å². The van der Waals surface area contributed by atoms with E-state index in [0.29, 0.717) is 28.8 Å². The monoisotopic (exact) mass is 389 g/mol. The minimum Gasteiger partial charge on any atom is -0.457 e. The quantitative estimate of drug-likeness (QED) is 0.522. The molecule has 1 N–H and O–H groups in total. The topological polar surface area (TPSA) is 77.2 Å². The number of rotatable bonds is 6. The second kappa shape index (κ2) is 8.35. The SMILES string of the molecule is O=C(NCc1nc(-c2ccc(Oc3ccc(F)cc3)cc2)no1)c1ccccc1. The van der Waals surface area contributed by atoms with Crippen molar-refractivity contribution in [2.45, 2.75) is 6.54 Å². The number of ether oxygens (including phenoxy) is 1. The molecular formula is C22H16FN3O3. The van der Waals surface area contributed by atoms with Gasteiger partial charge in [0.1, 0.15) is 17.3 Å². The lowest BCUT2D eigenvalue weighted by atomic mass is 10.2. The third-order valence-corrected chi connectivity index (χ3v) is 4.07. The Bertz CT molecular complexity index is 1090. The minimum atomic E-state index is -0.319. The van der Waals surface area contributed by atoms with Crippen LogP contribution in [0.1, 0.15) is 16.2 Å². The molecule has 4 rings (SSSR count). The second-order valence-electron chi connectivity index (χ2n) is 6.14. The predicted octanol–water partition coefficient (Wildman–Crippen LogP) is 4.60. The molecule has 0 unspecified atom stereocenters. The first-order valence-corrected chi connectivity index (χ1v) is 8.87. The highest BCUT2D eigenvalue weighted by atomic mass is 19.1. The van der Waals surface area contributed by atoms with Crippen LogP contribution in [0.5, 0.6) is 11.5 Å². The van der Waals surface area contributed by atoms with Crippen LogP contribution < -0.4 is 10.1 Å². The first-order valence-electron chi connectivity index (χ1n) is 8.87. The van der Waals surface area contributed by atoms with Crippen LogP contribution in [0.4, 0.5) is 4.39 Å². The molecule has 0 aliphatic rings. The fourth-order valence-corrected chi connectivity index (χ4v) is 2.60. The first kappa shape index (κ1) is 18.4. The first-order chi connectivity index (χ1) is 14.2. The van der Waals surface area contributed by atoms with Crippen molar-refractivity contribution in [3.05, 3.63) is 96.1 Å². The fourth-order valence-electron chi connectivity index (χ4n) is 2.60. The van der Waals surface area contributed by atoms with Crippen molar-refractivity contribution in [3.63, 3.8) is 0 Å². The van der Waals surface area contributed by atoms with Gasteiger partial charge in [0.05, 0.1) is 6.54 Å². The van der Waals surface area contributed by atoms with E-state index >= 15 is 0 Å². The maximum atomic E-state index is 13.0. The van der Waals surface area contributed by atoms with Crippen LogP contribution >= 0.6 is 0 Å². The number of benzene rings is 3. The standard InChI is InChI=1S/C22H16FN3O3/c23-17-8-12-19(13-9-17)28-18-10-6-15(7-11-18)21-25-20(29-26-21)14-24-22(27)16-4-2-1-3-5-16/h1-13H,14H2,(H,24,27). The van der Waals surface area contributed by atoms with Crippen molar-refractivity contribution in [1.29, 1.82) is 0 Å². The fraction of sp³-hybridized carbons (Fsp3) is 0.0455. The number of nitrogens with one attached hydrogen (secondary N) is 1. The summed E-state index contributed by atoms with van der Waals surface area (Å²) in [6.07, 6.45) is 0. The van der Waals surface area contributed by atoms with Crippen molar-refractivity contribution >= 4 is 5.91 Å². The van der Waals surface area contributed by atoms with E-state index in [1.54, 1.807) is 60.7 Å². The Hall–Kier alpha value is -4.00. The molecule has 1 heterocycles. The number of amides is 1. The van der Waals surface area contributed by atoms with Gasteiger partial charge in [0.15, 0.2) is 0 Å². The number of carbonyl (C=O) groups is 1. The van der Waals surface area contributed by atoms with Gasteiger partial charge in [-0.1, -0.05) is 23.4 Å². The van der Waals surface area contributed by atoms with Gasteiger partial charge in [-0.05, 0) is 60.7 Å². The molecule has 0 atom stereocenters. The van der Waals surface area contributed by atoms with Gasteiger partial charge in [-0.2, -0.15) is 4.98 Å². The summed E-state index contributed by atoms with van der Waals surface area (Å²) in [7, 11) is 0. The zero-order chi connectivity index (χ0) is 20.1. The van der Waals surface area contributed by atoms with Gasteiger partial charge in [-0.15, -0.1) is 0 Å². The molecule has 0 bridgehead atoms. The number of hydrogen-bond acceptors (Lipinski definition) is 5. The molecule has 0 aliphatic heterocycles. The van der Waals surface area contributed by atoms with Crippen LogP contribution in [0.3, 0.4) is 0 Å². The normalized spacial score (nSPS) is 10.5. The van der Waals surface area contributed by atoms with Gasteiger partial charge in [-0.3, -0.25) is 4.79 Å². The molecule has 29 heavy (non-hydrogen) atoms. The van der Waals surface area contributed by atoms with E-state index in [4.69, 9.17) is 9.26 Å². The molecule has 0 aliphatic carbocycles. The van der Waals surface area contributed by atoms with E-state index in [9.17, 15) is 9.18 Å². The Kier molecular flexibility index (Phi) is 5.29. The van der Waals surface area contributed by atoms with E-state index < -0.39 is 0 Å². The Morgan fingerprint density at radius 3 is 2.28 bits per heavy atom. The second-order valence-corrected chi connectivity index (χ2v) is 6.14. The van der Waals surface area contributed by atoms with Gasteiger partial charge in [0.2, 0.25) is 11.7 Å². The molecule has 144 valence electrons. The zero-order valence-corrected chi connectivity index (χ0v) is 15.2. The molecule has 0 saturated carbocycles. The Balaban J connectivity index is 1.37. The molecule has 0 spiro atoms. The summed E-state index contributed by atoms with van der Waals surface area (Å²) in [6, 6.07) is 21.8. The maximum Gasteiger partial charge on any atom is 0.251 e. The van der Waals surface area contributed by atoms with Crippen molar-refractivity contribution in [2.24, 2.45) is 0 Å². The smallest absolute Gasteiger partial charge is 0.251 e. The number of hydrogen-bond donors (Lipinski definition) is 1. The molecule has 0 radical (unpaired) electrons. The van der Waals surface area contributed by atoms with Gasteiger partial charge >= 0.3 is 0 Å². The number of nitrogens with zero attached hydrogens (tertiary/aromatic N) is 2. The lowest BCUT2D eigenvalue weighted by molar-refractivity contribution is 0.0946. The number of halogens is 1. The van der Waals surface area contributed by atoms with Gasteiger partial charge in [0, 0.05) is 11.1 Å². The Labute approximate surface area is 166 Å². The molecule has 7 heteroatoms. The molecule has 4 aromatic rings. The van der Waals surface area contributed by atoms with Crippen molar-refractivity contribution < 1.29 is 18.4 Å². The molecule has 0 fully saturated rings. The zero-order valence-electron chi connectivity index (χ0n) is 15.2. The Morgan fingerprint density at radius 2 is 1.59 bits per heavy atom. The van der Waals surface area contributed by atoms with E-state index in [1.165, 1.54) is 12.1 Å². The Morgan fingerprint density at radius 1 is 0.931 bits per heavy atom. The van der Waals surface area contributed by atoms with Gasteiger partial charge < -0.3 is 14.6 Å². The maximum absolute atomic E-state index is 13.0. The molecule has 6 nitrogen and oxygen atoms in total. The molecular weight excluding hydrogens is 373 g/mol. The largest absolute Gasteiger partial charge is 0.457 e. The highest BCUT2D eigenvalue weighted by Gasteiger charge is 2.11. The van der Waals surface area contributed by atoms with Crippen molar-refractivity contribution in [2.75, 3.05) is 0 Å². The average molecular weight is 389 g/mol. The summed E-state index contributed by atoms with van der Waals surface area (Å²) < 4.78 is 23.8. The van der Waals surface area contributed by atoms with Crippen LogP contribution in [0.25, 0.3) is 11.4 Å². The number of carbonyl (C=O) groups excluding carboxylic acids is 1. The summed E-state index contributed by atoms with van der Waals surface area (Å²) in [6.45, 7) is 0.131. The number of aromatic nitrogens is 2. The van der Waals surface area contributed by atoms with Crippen LogP contribution in [-0.2, 0) is 6.54 Å². The summed E-state index contributed by atoms with van der Waals surface area (Å²) in [5, 5.41) is 6.68. The predicted molar refractivity (Wildman–Crippen MR) is 104 cm³/mol. The lowest BCUT2D eigenvalue weighted by Gasteiger charge is -2.05. The summed E-state index contributed by atoms with van der Waals surface area (Å²) >= 11 is 0. The van der Waals surface area contributed by atoms with E-state index in [2.05, 4.69) is 15.5 Å². The average Bonchev–Trinajstić information content (AvgIpc) is 3.24. The summed E-state index contributed by atoms with van der Waals surface area (Å²) in [5.41, 5.74) is 1.30. The summed E-state index contributed by atoms with van der Waals surface area (Å²) in [5.74, 6) is 1.31. The van der Waals surface area contributed by atoms with Crippen molar-refractivity contribution in [1.82, 2.24) is 15.5 Å². The van der Waals surface area contributed by atoms with E-state index in [0.717, 1.165) is 5.56 Å². The highest BCUT2D eigenvalue weighted by Crippen LogP contribution is 2.24. The highest BCUT2D eigenvalue weighted by molar-refractivity contribution is 5.93. The van der Waals surface area contributed by atoms with Crippen LogP contribution in [0.2, 0.25) is 0 Å². The van der Waals surface area contributed by atoms with Crippen molar-refractivity contribution in [3.8, 4) is 22.9 Å². The lowest BCUT2D eigenvalue weighted by Crippen LogP contribution is -2.22. The third-order valence-electron chi connectivity index (χ3n) is 4.07.